The molecule has 1 aliphatic carbocycles. The molecule has 2 rings (SSSR count). The Kier molecular flexibility index (Phi) is 4.17. The van der Waals surface area contributed by atoms with Gasteiger partial charge in [0.1, 0.15) is 0 Å². The minimum atomic E-state index is -0.0381. The zero-order valence-electron chi connectivity index (χ0n) is 11.7. The second kappa shape index (κ2) is 5.65. The Morgan fingerprint density at radius 2 is 1.83 bits per heavy atom. The van der Waals surface area contributed by atoms with Gasteiger partial charge in [-0.25, -0.2) is 9.97 Å². The van der Waals surface area contributed by atoms with Gasteiger partial charge in [-0.05, 0) is 45.2 Å². The number of anilines is 1. The molecule has 1 aromatic heterocycles. The van der Waals surface area contributed by atoms with Crippen LogP contribution in [0, 0.1) is 0 Å². The predicted octanol–water partition coefficient (Wildman–Crippen LogP) is 2.54. The first-order valence-corrected chi connectivity index (χ1v) is 6.85. The van der Waals surface area contributed by atoms with Crippen molar-refractivity contribution in [1.82, 2.24) is 15.3 Å². The summed E-state index contributed by atoms with van der Waals surface area (Å²) >= 11 is 0. The van der Waals surface area contributed by atoms with E-state index in [1.807, 2.05) is 19.4 Å². The smallest absolute Gasteiger partial charge is 0.223 e. The Morgan fingerprint density at radius 1 is 1.22 bits per heavy atom. The summed E-state index contributed by atoms with van der Waals surface area (Å²) in [5.74, 6) is 1.40. The molecule has 1 heterocycles. The van der Waals surface area contributed by atoms with Gasteiger partial charge in [-0.2, -0.15) is 0 Å². The zero-order valence-corrected chi connectivity index (χ0v) is 11.7. The van der Waals surface area contributed by atoms with E-state index in [9.17, 15) is 0 Å². The molecular weight excluding hydrogens is 224 g/mol. The first kappa shape index (κ1) is 13.3. The first-order valence-electron chi connectivity index (χ1n) is 6.85. The molecule has 0 aromatic carbocycles. The standard InChI is InChI=1S/C14H24N4/c1-14(2,10-15-3)18-13-16-8-12(9-17-13)11-6-4-5-7-11/h8-9,11,15H,4-7,10H2,1-3H3,(H,16,17,18). The third-order valence-corrected chi connectivity index (χ3v) is 3.57. The molecule has 0 bridgehead atoms. The summed E-state index contributed by atoms with van der Waals surface area (Å²) in [6, 6.07) is 0. The number of nitrogens with one attached hydrogen (secondary N) is 2. The van der Waals surface area contributed by atoms with Gasteiger partial charge in [-0.3, -0.25) is 0 Å². The highest BCUT2D eigenvalue weighted by Crippen LogP contribution is 2.33. The van der Waals surface area contributed by atoms with Gasteiger partial charge < -0.3 is 10.6 Å². The largest absolute Gasteiger partial charge is 0.348 e. The van der Waals surface area contributed by atoms with Crippen LogP contribution >= 0.6 is 0 Å². The van der Waals surface area contributed by atoms with Crippen LogP contribution in [-0.4, -0.2) is 29.1 Å². The lowest BCUT2D eigenvalue weighted by Crippen LogP contribution is -2.41. The summed E-state index contributed by atoms with van der Waals surface area (Å²) in [5.41, 5.74) is 1.26. The highest BCUT2D eigenvalue weighted by molar-refractivity contribution is 5.30. The third kappa shape index (κ3) is 3.42. The van der Waals surface area contributed by atoms with E-state index in [0.717, 1.165) is 12.5 Å². The van der Waals surface area contributed by atoms with Crippen molar-refractivity contribution < 1.29 is 0 Å². The van der Waals surface area contributed by atoms with Gasteiger partial charge in [0, 0.05) is 24.5 Å². The number of hydrogen-bond donors (Lipinski definition) is 2. The van der Waals surface area contributed by atoms with Crippen LogP contribution in [0.2, 0.25) is 0 Å². The molecule has 1 fully saturated rings. The minimum Gasteiger partial charge on any atom is -0.348 e. The van der Waals surface area contributed by atoms with E-state index in [1.54, 1.807) is 0 Å². The highest BCUT2D eigenvalue weighted by Gasteiger charge is 2.19. The number of nitrogens with zero attached hydrogens (tertiary/aromatic N) is 2. The van der Waals surface area contributed by atoms with Crippen molar-refractivity contribution in [2.75, 3.05) is 18.9 Å². The van der Waals surface area contributed by atoms with Crippen LogP contribution in [0.3, 0.4) is 0 Å². The summed E-state index contributed by atoms with van der Waals surface area (Å²) in [4.78, 5) is 8.88. The average Bonchev–Trinajstić information content (AvgIpc) is 2.82. The van der Waals surface area contributed by atoms with E-state index >= 15 is 0 Å². The Balaban J connectivity index is 1.99. The lowest BCUT2D eigenvalue weighted by Gasteiger charge is -2.25. The fraction of sp³-hybridized carbons (Fsp3) is 0.714. The predicted molar refractivity (Wildman–Crippen MR) is 74.9 cm³/mol. The van der Waals surface area contributed by atoms with E-state index in [1.165, 1.54) is 31.2 Å². The molecule has 2 N–H and O–H groups in total. The number of aromatic nitrogens is 2. The summed E-state index contributed by atoms with van der Waals surface area (Å²) in [7, 11) is 1.95. The molecule has 100 valence electrons. The van der Waals surface area contributed by atoms with Crippen LogP contribution in [0.15, 0.2) is 12.4 Å². The van der Waals surface area contributed by atoms with E-state index in [0.29, 0.717) is 5.92 Å². The molecule has 0 amide bonds. The molecule has 1 saturated carbocycles. The molecule has 0 aliphatic heterocycles. The normalized spacial score (nSPS) is 17.1. The number of likely N-dealkylation sites (N-methyl/N-ethyl adjacent to an activating group) is 1. The second-order valence-corrected chi connectivity index (χ2v) is 5.86. The molecule has 4 heteroatoms. The fourth-order valence-corrected chi connectivity index (χ4v) is 2.66. The van der Waals surface area contributed by atoms with Gasteiger partial charge in [0.2, 0.25) is 5.95 Å². The first-order chi connectivity index (χ1) is 8.61. The quantitative estimate of drug-likeness (QED) is 0.841. The van der Waals surface area contributed by atoms with Crippen LogP contribution in [0.4, 0.5) is 5.95 Å². The lowest BCUT2D eigenvalue weighted by atomic mass is 10.0. The maximum atomic E-state index is 4.44. The molecule has 1 aromatic rings. The topological polar surface area (TPSA) is 49.8 Å². The number of hydrogen-bond acceptors (Lipinski definition) is 4. The summed E-state index contributed by atoms with van der Waals surface area (Å²) in [5, 5.41) is 6.52. The van der Waals surface area contributed by atoms with Crippen LogP contribution in [-0.2, 0) is 0 Å². The molecule has 1 aliphatic rings. The highest BCUT2D eigenvalue weighted by atomic mass is 15.1. The molecule has 0 saturated heterocycles. The summed E-state index contributed by atoms with van der Waals surface area (Å²) in [6.07, 6.45) is 9.25. The van der Waals surface area contributed by atoms with Crippen LogP contribution in [0.1, 0.15) is 51.0 Å². The van der Waals surface area contributed by atoms with E-state index in [-0.39, 0.29) is 5.54 Å². The second-order valence-electron chi connectivity index (χ2n) is 5.86. The van der Waals surface area contributed by atoms with Crippen molar-refractivity contribution in [3.05, 3.63) is 18.0 Å². The Morgan fingerprint density at radius 3 is 2.39 bits per heavy atom. The maximum Gasteiger partial charge on any atom is 0.223 e. The maximum absolute atomic E-state index is 4.44. The van der Waals surface area contributed by atoms with E-state index in [4.69, 9.17) is 0 Å². The molecule has 4 nitrogen and oxygen atoms in total. The van der Waals surface area contributed by atoms with Crippen molar-refractivity contribution in [2.45, 2.75) is 51.0 Å². The van der Waals surface area contributed by atoms with Crippen LogP contribution < -0.4 is 10.6 Å². The van der Waals surface area contributed by atoms with Crippen molar-refractivity contribution in [1.29, 1.82) is 0 Å². The third-order valence-electron chi connectivity index (χ3n) is 3.57. The zero-order chi connectivity index (χ0) is 13.0. The van der Waals surface area contributed by atoms with Gasteiger partial charge in [0.25, 0.3) is 0 Å². The molecule has 0 unspecified atom stereocenters. The molecular formula is C14H24N4. The van der Waals surface area contributed by atoms with Crippen molar-refractivity contribution in [2.24, 2.45) is 0 Å². The molecule has 0 atom stereocenters. The summed E-state index contributed by atoms with van der Waals surface area (Å²) < 4.78 is 0. The van der Waals surface area contributed by atoms with Gasteiger partial charge >= 0.3 is 0 Å². The monoisotopic (exact) mass is 248 g/mol. The van der Waals surface area contributed by atoms with Crippen molar-refractivity contribution >= 4 is 5.95 Å². The van der Waals surface area contributed by atoms with Gasteiger partial charge in [0.15, 0.2) is 0 Å². The minimum absolute atomic E-state index is 0.0381. The van der Waals surface area contributed by atoms with Crippen LogP contribution in [0.5, 0.6) is 0 Å². The fourth-order valence-electron chi connectivity index (χ4n) is 2.66. The summed E-state index contributed by atoms with van der Waals surface area (Å²) in [6.45, 7) is 5.15. The lowest BCUT2D eigenvalue weighted by molar-refractivity contribution is 0.526. The Bertz CT molecular complexity index is 366. The van der Waals surface area contributed by atoms with E-state index < -0.39 is 0 Å². The van der Waals surface area contributed by atoms with Crippen molar-refractivity contribution in [3.8, 4) is 0 Å². The van der Waals surface area contributed by atoms with Gasteiger partial charge in [-0.1, -0.05) is 12.8 Å². The van der Waals surface area contributed by atoms with E-state index in [2.05, 4.69) is 34.4 Å². The van der Waals surface area contributed by atoms with Crippen molar-refractivity contribution in [3.63, 3.8) is 0 Å². The molecule has 0 spiro atoms. The van der Waals surface area contributed by atoms with Gasteiger partial charge in [0.05, 0.1) is 0 Å². The Hall–Kier alpha value is -1.16. The SMILES string of the molecule is CNCC(C)(C)Nc1ncc(C2CCCC2)cn1. The van der Waals surface area contributed by atoms with Crippen LogP contribution in [0.25, 0.3) is 0 Å². The molecule has 0 radical (unpaired) electrons. The number of rotatable bonds is 5. The Labute approximate surface area is 110 Å². The van der Waals surface area contributed by atoms with Gasteiger partial charge in [-0.15, -0.1) is 0 Å². The molecule has 18 heavy (non-hydrogen) atoms. The average molecular weight is 248 g/mol.